The van der Waals surface area contributed by atoms with Gasteiger partial charge in [0.1, 0.15) is 19.0 Å². The molecule has 7 heteroatoms. The van der Waals surface area contributed by atoms with Gasteiger partial charge in [-0.3, -0.25) is 4.98 Å². The topological polar surface area (TPSA) is 78.3 Å². The van der Waals surface area contributed by atoms with E-state index in [1.54, 1.807) is 6.20 Å². The third-order valence-electron chi connectivity index (χ3n) is 4.11. The first-order valence-electron chi connectivity index (χ1n) is 9.20. The van der Waals surface area contributed by atoms with Gasteiger partial charge < -0.3 is 19.4 Å². The van der Waals surface area contributed by atoms with Gasteiger partial charge in [0.25, 0.3) is 0 Å². The molecule has 0 aliphatic heterocycles. The number of alkyl carbamates (subject to hydrolysis) is 1. The minimum absolute atomic E-state index is 0.220. The highest BCUT2D eigenvalue weighted by Crippen LogP contribution is 2.20. The number of pyridine rings is 1. The highest BCUT2D eigenvalue weighted by molar-refractivity contribution is 5.67. The van der Waals surface area contributed by atoms with Crippen molar-refractivity contribution in [2.24, 2.45) is 0 Å². The lowest BCUT2D eigenvalue weighted by atomic mass is 10.2. The molecule has 146 valence electrons. The molecule has 0 unspecified atom stereocenters. The second-order valence-electron chi connectivity index (χ2n) is 6.22. The van der Waals surface area contributed by atoms with E-state index in [9.17, 15) is 4.79 Å². The van der Waals surface area contributed by atoms with E-state index in [-0.39, 0.29) is 12.6 Å². The van der Waals surface area contributed by atoms with Crippen LogP contribution in [0, 0.1) is 0 Å². The summed E-state index contributed by atoms with van der Waals surface area (Å²) >= 11 is 0. The van der Waals surface area contributed by atoms with Crippen LogP contribution in [0.25, 0.3) is 11.5 Å². The van der Waals surface area contributed by atoms with Crippen LogP contribution in [0.5, 0.6) is 0 Å². The highest BCUT2D eigenvalue weighted by atomic mass is 16.5. The normalized spacial score (nSPS) is 11.8. The van der Waals surface area contributed by atoms with Crippen molar-refractivity contribution in [1.29, 1.82) is 0 Å². The number of hydrogen-bond acceptors (Lipinski definition) is 5. The number of ether oxygens (including phenoxy) is 2. The van der Waals surface area contributed by atoms with Gasteiger partial charge >= 0.3 is 6.09 Å². The lowest BCUT2D eigenvalue weighted by Crippen LogP contribution is -2.27. The number of benzene rings is 1. The number of imidazole rings is 1. The maximum absolute atomic E-state index is 12.1. The van der Waals surface area contributed by atoms with Gasteiger partial charge in [-0.15, -0.1) is 0 Å². The van der Waals surface area contributed by atoms with Crippen molar-refractivity contribution in [2.75, 3.05) is 6.61 Å². The standard InChI is InChI=1S/C21H24N4O3/c1-3-27-15-25-13-19(24-20(25)18-11-7-8-12-22-18)16(2)23-21(26)28-14-17-9-5-4-6-10-17/h4-13,16H,3,14-15H2,1-2H3,(H,23,26)/t16-/m0/s1. The van der Waals surface area contributed by atoms with Crippen molar-refractivity contribution in [3.63, 3.8) is 0 Å². The lowest BCUT2D eigenvalue weighted by molar-refractivity contribution is 0.0888. The van der Waals surface area contributed by atoms with E-state index in [0.717, 1.165) is 11.3 Å². The second kappa shape index (κ2) is 9.66. The van der Waals surface area contributed by atoms with Crippen molar-refractivity contribution in [3.8, 4) is 11.5 Å². The Labute approximate surface area is 164 Å². The first kappa shape index (κ1) is 19.6. The van der Waals surface area contributed by atoms with Gasteiger partial charge in [0, 0.05) is 19.0 Å². The van der Waals surface area contributed by atoms with Gasteiger partial charge in [-0.2, -0.15) is 0 Å². The molecule has 0 fully saturated rings. The van der Waals surface area contributed by atoms with Crippen LogP contribution in [0.1, 0.15) is 31.1 Å². The largest absolute Gasteiger partial charge is 0.445 e. The SMILES string of the molecule is CCOCn1cc([C@H](C)NC(=O)OCc2ccccc2)nc1-c1ccccn1. The fraction of sp³-hybridized carbons (Fsp3) is 0.286. The third-order valence-corrected chi connectivity index (χ3v) is 4.11. The van der Waals surface area contributed by atoms with Crippen LogP contribution in [0.4, 0.5) is 4.79 Å². The number of carbonyl (C=O) groups excluding carboxylic acids is 1. The molecule has 0 aliphatic rings. The Morgan fingerprint density at radius 1 is 1.18 bits per heavy atom. The van der Waals surface area contributed by atoms with E-state index < -0.39 is 6.09 Å². The zero-order valence-corrected chi connectivity index (χ0v) is 16.0. The van der Waals surface area contributed by atoms with Crippen LogP contribution in [-0.4, -0.2) is 27.2 Å². The maximum Gasteiger partial charge on any atom is 0.407 e. The summed E-state index contributed by atoms with van der Waals surface area (Å²) in [6, 6.07) is 14.9. The van der Waals surface area contributed by atoms with Crippen molar-refractivity contribution >= 4 is 6.09 Å². The average Bonchev–Trinajstić information content (AvgIpc) is 3.16. The minimum Gasteiger partial charge on any atom is -0.445 e. The number of nitrogens with zero attached hydrogens (tertiary/aromatic N) is 3. The first-order valence-corrected chi connectivity index (χ1v) is 9.20. The fourth-order valence-electron chi connectivity index (χ4n) is 2.65. The Bertz CT molecular complexity index is 881. The summed E-state index contributed by atoms with van der Waals surface area (Å²) < 4.78 is 12.7. The van der Waals surface area contributed by atoms with Crippen LogP contribution in [0.3, 0.4) is 0 Å². The Morgan fingerprint density at radius 2 is 1.96 bits per heavy atom. The number of hydrogen-bond donors (Lipinski definition) is 1. The predicted molar refractivity (Wildman–Crippen MR) is 105 cm³/mol. The molecule has 3 rings (SSSR count). The zero-order valence-electron chi connectivity index (χ0n) is 16.0. The molecule has 1 atom stereocenters. The Morgan fingerprint density at radius 3 is 2.68 bits per heavy atom. The molecular weight excluding hydrogens is 356 g/mol. The molecule has 28 heavy (non-hydrogen) atoms. The Hall–Kier alpha value is -3.19. The molecule has 1 aromatic carbocycles. The summed E-state index contributed by atoms with van der Waals surface area (Å²) in [4.78, 5) is 21.1. The molecule has 2 aromatic heterocycles. The van der Waals surface area contributed by atoms with Crippen LogP contribution < -0.4 is 5.32 Å². The predicted octanol–water partition coefficient (Wildman–Crippen LogP) is 3.93. The van der Waals surface area contributed by atoms with Crippen molar-refractivity contribution in [1.82, 2.24) is 19.9 Å². The molecule has 0 radical (unpaired) electrons. The van der Waals surface area contributed by atoms with E-state index >= 15 is 0 Å². The van der Waals surface area contributed by atoms with Crippen molar-refractivity contribution in [2.45, 2.75) is 33.2 Å². The van der Waals surface area contributed by atoms with Crippen molar-refractivity contribution in [3.05, 3.63) is 72.2 Å². The molecule has 1 N–H and O–H groups in total. The summed E-state index contributed by atoms with van der Waals surface area (Å²) in [5.41, 5.74) is 2.38. The Balaban J connectivity index is 1.67. The molecule has 0 aliphatic carbocycles. The van der Waals surface area contributed by atoms with Crippen molar-refractivity contribution < 1.29 is 14.3 Å². The minimum atomic E-state index is -0.491. The van der Waals surface area contributed by atoms with E-state index in [2.05, 4.69) is 15.3 Å². The summed E-state index contributed by atoms with van der Waals surface area (Å²) in [6.45, 7) is 4.97. The number of aromatic nitrogens is 3. The number of amides is 1. The summed E-state index contributed by atoms with van der Waals surface area (Å²) in [5.74, 6) is 0.690. The van der Waals surface area contributed by atoms with Crippen LogP contribution in [0.2, 0.25) is 0 Å². The van der Waals surface area contributed by atoms with E-state index in [4.69, 9.17) is 9.47 Å². The molecule has 0 saturated carbocycles. The van der Waals surface area contributed by atoms with E-state index in [1.807, 2.05) is 73.1 Å². The monoisotopic (exact) mass is 380 g/mol. The average molecular weight is 380 g/mol. The van der Waals surface area contributed by atoms with Gasteiger partial charge in [-0.25, -0.2) is 9.78 Å². The first-order chi connectivity index (χ1) is 13.7. The van der Waals surface area contributed by atoms with Gasteiger partial charge in [0.05, 0.1) is 11.7 Å². The van der Waals surface area contributed by atoms with Crippen LogP contribution in [-0.2, 0) is 22.8 Å². The number of nitrogens with one attached hydrogen (secondary N) is 1. The summed E-state index contributed by atoms with van der Waals surface area (Å²) in [7, 11) is 0. The van der Waals surface area contributed by atoms with E-state index in [1.165, 1.54) is 0 Å². The molecule has 1 amide bonds. The fourth-order valence-corrected chi connectivity index (χ4v) is 2.65. The number of rotatable bonds is 8. The number of carbonyl (C=O) groups is 1. The third kappa shape index (κ3) is 5.17. The molecule has 2 heterocycles. The van der Waals surface area contributed by atoms with Crippen LogP contribution in [0.15, 0.2) is 60.9 Å². The summed E-state index contributed by atoms with van der Waals surface area (Å²) in [5, 5.41) is 2.82. The molecular formula is C21H24N4O3. The molecule has 0 spiro atoms. The van der Waals surface area contributed by atoms with Gasteiger partial charge in [-0.05, 0) is 31.5 Å². The van der Waals surface area contributed by atoms with Crippen LogP contribution >= 0.6 is 0 Å². The lowest BCUT2D eigenvalue weighted by Gasteiger charge is -2.12. The maximum atomic E-state index is 12.1. The van der Waals surface area contributed by atoms with Gasteiger partial charge in [-0.1, -0.05) is 36.4 Å². The zero-order chi connectivity index (χ0) is 19.8. The van der Waals surface area contributed by atoms with Gasteiger partial charge in [0.15, 0.2) is 5.82 Å². The Kier molecular flexibility index (Phi) is 6.75. The van der Waals surface area contributed by atoms with E-state index in [0.29, 0.717) is 24.9 Å². The smallest absolute Gasteiger partial charge is 0.407 e. The highest BCUT2D eigenvalue weighted by Gasteiger charge is 2.18. The molecule has 0 saturated heterocycles. The molecule has 7 nitrogen and oxygen atoms in total. The molecule has 0 bridgehead atoms. The summed E-state index contributed by atoms with van der Waals surface area (Å²) in [6.07, 6.45) is 3.09. The second-order valence-corrected chi connectivity index (χ2v) is 6.22. The quantitative estimate of drug-likeness (QED) is 0.641. The van der Waals surface area contributed by atoms with Gasteiger partial charge in [0.2, 0.25) is 0 Å². The molecule has 3 aromatic rings.